The molecular weight excluding hydrogens is 240 g/mol. The summed E-state index contributed by atoms with van der Waals surface area (Å²) >= 11 is 0. The van der Waals surface area contributed by atoms with E-state index in [2.05, 4.69) is 11.4 Å². The number of hydrogen-bond donors (Lipinski definition) is 2. The summed E-state index contributed by atoms with van der Waals surface area (Å²) in [6, 6.07) is 8.22. The van der Waals surface area contributed by atoms with Crippen molar-refractivity contribution in [3.8, 4) is 0 Å². The molecule has 1 amide bonds. The summed E-state index contributed by atoms with van der Waals surface area (Å²) in [7, 11) is 1.67. The normalized spacial score (nSPS) is 12.5. The Morgan fingerprint density at radius 3 is 2.63 bits per heavy atom. The number of rotatable bonds is 7. The van der Waals surface area contributed by atoms with E-state index in [0.29, 0.717) is 19.6 Å². The Labute approximate surface area is 115 Å². The molecule has 0 aromatic heterocycles. The van der Waals surface area contributed by atoms with Crippen LogP contribution in [0.2, 0.25) is 0 Å². The fourth-order valence-corrected chi connectivity index (χ4v) is 1.98. The Bertz CT molecular complexity index is 405. The highest BCUT2D eigenvalue weighted by Gasteiger charge is 2.17. The second-order valence-corrected chi connectivity index (χ2v) is 5.05. The molecule has 1 atom stereocenters. The molecule has 1 aromatic rings. The summed E-state index contributed by atoms with van der Waals surface area (Å²) in [5, 5.41) is 2.91. The Morgan fingerprint density at radius 2 is 2.05 bits per heavy atom. The van der Waals surface area contributed by atoms with Crippen LogP contribution in [0.15, 0.2) is 24.3 Å². The number of carbonyl (C=O) groups is 1. The van der Waals surface area contributed by atoms with Crippen LogP contribution in [0.5, 0.6) is 0 Å². The van der Waals surface area contributed by atoms with Gasteiger partial charge in [0, 0.05) is 19.7 Å². The van der Waals surface area contributed by atoms with Crippen molar-refractivity contribution < 1.29 is 9.53 Å². The largest absolute Gasteiger partial charge is 0.380 e. The number of ether oxygens (including phenoxy) is 1. The lowest BCUT2D eigenvalue weighted by atomic mass is 9.97. The Hall–Kier alpha value is -1.39. The van der Waals surface area contributed by atoms with Crippen molar-refractivity contribution in [1.29, 1.82) is 0 Å². The standard InChI is InChI=1S/C15H24N2O2/c1-11(2)17-15(18)14(9-16)8-12-5-4-6-13(7-12)10-19-3/h4-7,11,14H,8-10,16H2,1-3H3,(H,17,18). The van der Waals surface area contributed by atoms with Crippen LogP contribution in [0, 0.1) is 5.92 Å². The first-order chi connectivity index (χ1) is 9.06. The van der Waals surface area contributed by atoms with Gasteiger partial charge in [0.1, 0.15) is 0 Å². The second-order valence-electron chi connectivity index (χ2n) is 5.05. The van der Waals surface area contributed by atoms with Gasteiger partial charge < -0.3 is 15.8 Å². The highest BCUT2D eigenvalue weighted by Crippen LogP contribution is 2.12. The molecule has 106 valence electrons. The van der Waals surface area contributed by atoms with Gasteiger partial charge in [-0.3, -0.25) is 4.79 Å². The van der Waals surface area contributed by atoms with Crippen molar-refractivity contribution in [1.82, 2.24) is 5.32 Å². The summed E-state index contributed by atoms with van der Waals surface area (Å²) in [6.07, 6.45) is 0.659. The molecule has 1 aromatic carbocycles. The van der Waals surface area contributed by atoms with Gasteiger partial charge in [-0.05, 0) is 31.4 Å². The third kappa shape index (κ3) is 5.41. The van der Waals surface area contributed by atoms with E-state index in [1.807, 2.05) is 32.0 Å². The molecule has 3 N–H and O–H groups in total. The molecule has 0 aliphatic rings. The lowest BCUT2D eigenvalue weighted by Crippen LogP contribution is -2.39. The Kier molecular flexibility index (Phi) is 6.53. The van der Waals surface area contributed by atoms with Crippen LogP contribution in [0.1, 0.15) is 25.0 Å². The molecule has 0 heterocycles. The van der Waals surface area contributed by atoms with Crippen molar-refractivity contribution >= 4 is 5.91 Å². The summed E-state index contributed by atoms with van der Waals surface area (Å²) < 4.78 is 5.11. The van der Waals surface area contributed by atoms with E-state index in [1.54, 1.807) is 7.11 Å². The number of nitrogens with two attached hydrogens (primary N) is 1. The molecule has 1 rings (SSSR count). The molecule has 0 aliphatic heterocycles. The predicted octanol–water partition coefficient (Wildman–Crippen LogP) is 1.47. The molecule has 19 heavy (non-hydrogen) atoms. The van der Waals surface area contributed by atoms with Crippen molar-refractivity contribution in [3.63, 3.8) is 0 Å². The van der Waals surface area contributed by atoms with E-state index in [-0.39, 0.29) is 17.9 Å². The summed E-state index contributed by atoms with van der Waals surface area (Å²) in [4.78, 5) is 12.0. The minimum atomic E-state index is -0.180. The molecule has 0 saturated heterocycles. The van der Waals surface area contributed by atoms with Crippen molar-refractivity contribution in [2.75, 3.05) is 13.7 Å². The highest BCUT2D eigenvalue weighted by molar-refractivity contribution is 5.79. The number of amides is 1. The van der Waals surface area contributed by atoms with Crippen LogP contribution in [0.25, 0.3) is 0 Å². The molecule has 0 fully saturated rings. The average molecular weight is 264 g/mol. The maximum absolute atomic E-state index is 12.0. The number of methoxy groups -OCH3 is 1. The fraction of sp³-hybridized carbons (Fsp3) is 0.533. The summed E-state index contributed by atoms with van der Waals surface area (Å²) in [5.41, 5.74) is 7.93. The van der Waals surface area contributed by atoms with Gasteiger partial charge in [0.25, 0.3) is 0 Å². The minimum absolute atomic E-state index is 0.0228. The van der Waals surface area contributed by atoms with Crippen molar-refractivity contribution in [2.24, 2.45) is 11.7 Å². The first-order valence-corrected chi connectivity index (χ1v) is 6.64. The monoisotopic (exact) mass is 264 g/mol. The summed E-state index contributed by atoms with van der Waals surface area (Å²) in [6.45, 7) is 4.84. The van der Waals surface area contributed by atoms with Crippen LogP contribution >= 0.6 is 0 Å². The van der Waals surface area contributed by atoms with Gasteiger partial charge in [-0.25, -0.2) is 0 Å². The topological polar surface area (TPSA) is 64.3 Å². The maximum Gasteiger partial charge on any atom is 0.224 e. The molecule has 0 saturated carbocycles. The molecule has 0 bridgehead atoms. The Balaban J connectivity index is 2.69. The van der Waals surface area contributed by atoms with Gasteiger partial charge in [0.05, 0.1) is 12.5 Å². The van der Waals surface area contributed by atoms with Gasteiger partial charge in [0.15, 0.2) is 0 Å². The molecule has 4 nitrogen and oxygen atoms in total. The molecule has 1 unspecified atom stereocenters. The molecule has 0 radical (unpaired) electrons. The third-order valence-electron chi connectivity index (χ3n) is 2.87. The van der Waals surface area contributed by atoms with E-state index in [0.717, 1.165) is 11.1 Å². The van der Waals surface area contributed by atoms with Crippen LogP contribution in [-0.4, -0.2) is 25.6 Å². The van der Waals surface area contributed by atoms with Gasteiger partial charge in [-0.15, -0.1) is 0 Å². The average Bonchev–Trinajstić information content (AvgIpc) is 2.36. The van der Waals surface area contributed by atoms with E-state index in [4.69, 9.17) is 10.5 Å². The minimum Gasteiger partial charge on any atom is -0.380 e. The quantitative estimate of drug-likeness (QED) is 0.784. The lowest BCUT2D eigenvalue weighted by molar-refractivity contribution is -0.125. The maximum atomic E-state index is 12.0. The van der Waals surface area contributed by atoms with Crippen LogP contribution < -0.4 is 11.1 Å². The first kappa shape index (κ1) is 15.7. The SMILES string of the molecule is COCc1cccc(CC(CN)C(=O)NC(C)C)c1. The second kappa shape index (κ2) is 7.92. The third-order valence-corrected chi connectivity index (χ3v) is 2.87. The molecule has 4 heteroatoms. The smallest absolute Gasteiger partial charge is 0.224 e. The first-order valence-electron chi connectivity index (χ1n) is 6.64. The molecule has 0 spiro atoms. The fourth-order valence-electron chi connectivity index (χ4n) is 1.98. The van der Waals surface area contributed by atoms with E-state index < -0.39 is 0 Å². The lowest BCUT2D eigenvalue weighted by Gasteiger charge is -2.17. The van der Waals surface area contributed by atoms with Gasteiger partial charge in [0.2, 0.25) is 5.91 Å². The predicted molar refractivity (Wildman–Crippen MR) is 76.7 cm³/mol. The Morgan fingerprint density at radius 1 is 1.37 bits per heavy atom. The van der Waals surface area contributed by atoms with Crippen molar-refractivity contribution in [3.05, 3.63) is 35.4 Å². The highest BCUT2D eigenvalue weighted by atomic mass is 16.5. The van der Waals surface area contributed by atoms with Gasteiger partial charge in [-0.2, -0.15) is 0 Å². The van der Waals surface area contributed by atoms with E-state index >= 15 is 0 Å². The zero-order valence-corrected chi connectivity index (χ0v) is 12.0. The van der Waals surface area contributed by atoms with Crippen molar-refractivity contribution in [2.45, 2.75) is 32.9 Å². The zero-order chi connectivity index (χ0) is 14.3. The zero-order valence-electron chi connectivity index (χ0n) is 12.0. The van der Waals surface area contributed by atoms with Crippen LogP contribution in [-0.2, 0) is 22.6 Å². The number of carbonyl (C=O) groups excluding carboxylic acids is 1. The number of benzene rings is 1. The molecule has 0 aliphatic carbocycles. The number of nitrogens with one attached hydrogen (secondary N) is 1. The summed E-state index contributed by atoms with van der Waals surface area (Å²) in [5.74, 6) is -0.158. The van der Waals surface area contributed by atoms with Gasteiger partial charge >= 0.3 is 0 Å². The number of hydrogen-bond acceptors (Lipinski definition) is 3. The van der Waals surface area contributed by atoms with Gasteiger partial charge in [-0.1, -0.05) is 24.3 Å². The van der Waals surface area contributed by atoms with E-state index in [1.165, 1.54) is 0 Å². The van der Waals surface area contributed by atoms with E-state index in [9.17, 15) is 4.79 Å². The molecular formula is C15H24N2O2. The van der Waals surface area contributed by atoms with Crippen LogP contribution in [0.3, 0.4) is 0 Å². The van der Waals surface area contributed by atoms with Crippen LogP contribution in [0.4, 0.5) is 0 Å².